The van der Waals surface area contributed by atoms with E-state index >= 15 is 0 Å². The first-order valence-corrected chi connectivity index (χ1v) is 11.2. The number of para-hydroxylation sites is 1. The van der Waals surface area contributed by atoms with Crippen LogP contribution in [-0.4, -0.2) is 47.8 Å². The standard InChI is InChI=1S/C26H26ClN3O3/c27-22-11-7-20(8-12-22)18-33-24-4-2-1-3-23(24)26(32)30-15-13-29(14-16-30)17-19-5-9-21(10-6-19)25(28)31/h1-12H,13-18H2,(H2,28,31). The summed E-state index contributed by atoms with van der Waals surface area (Å²) >= 11 is 5.94. The number of ether oxygens (including phenoxy) is 1. The lowest BCUT2D eigenvalue weighted by Gasteiger charge is -2.35. The van der Waals surface area contributed by atoms with Crippen LogP contribution in [0.2, 0.25) is 5.02 Å². The Morgan fingerprint density at radius 1 is 0.848 bits per heavy atom. The normalized spacial score (nSPS) is 14.2. The third-order valence-electron chi connectivity index (χ3n) is 5.73. The minimum Gasteiger partial charge on any atom is -0.488 e. The number of hydrogen-bond acceptors (Lipinski definition) is 4. The summed E-state index contributed by atoms with van der Waals surface area (Å²) in [6.45, 7) is 3.97. The van der Waals surface area contributed by atoms with Crippen LogP contribution < -0.4 is 10.5 Å². The fourth-order valence-electron chi connectivity index (χ4n) is 3.82. The van der Waals surface area contributed by atoms with Crippen molar-refractivity contribution in [1.82, 2.24) is 9.80 Å². The van der Waals surface area contributed by atoms with Crippen molar-refractivity contribution >= 4 is 23.4 Å². The second-order valence-electron chi connectivity index (χ2n) is 8.04. The van der Waals surface area contributed by atoms with Crippen LogP contribution in [0.5, 0.6) is 5.75 Å². The van der Waals surface area contributed by atoms with Crippen molar-refractivity contribution in [2.45, 2.75) is 13.2 Å². The van der Waals surface area contributed by atoms with E-state index in [1.54, 1.807) is 12.1 Å². The highest BCUT2D eigenvalue weighted by atomic mass is 35.5. The first-order valence-electron chi connectivity index (χ1n) is 10.9. The molecule has 1 aliphatic heterocycles. The molecule has 3 aromatic rings. The van der Waals surface area contributed by atoms with Crippen LogP contribution in [0.4, 0.5) is 0 Å². The van der Waals surface area contributed by atoms with Crippen molar-refractivity contribution < 1.29 is 14.3 Å². The highest BCUT2D eigenvalue weighted by Gasteiger charge is 2.24. The van der Waals surface area contributed by atoms with E-state index in [1.807, 2.05) is 65.6 Å². The topological polar surface area (TPSA) is 75.9 Å². The predicted molar refractivity (Wildman–Crippen MR) is 128 cm³/mol. The number of nitrogens with zero attached hydrogens (tertiary/aromatic N) is 2. The highest BCUT2D eigenvalue weighted by Crippen LogP contribution is 2.23. The fourth-order valence-corrected chi connectivity index (χ4v) is 3.95. The molecule has 6 nitrogen and oxygen atoms in total. The first kappa shape index (κ1) is 22.8. The van der Waals surface area contributed by atoms with E-state index in [2.05, 4.69) is 4.90 Å². The molecule has 0 radical (unpaired) electrons. The molecule has 4 rings (SSSR count). The Kier molecular flexibility index (Phi) is 7.27. The van der Waals surface area contributed by atoms with Gasteiger partial charge >= 0.3 is 0 Å². The summed E-state index contributed by atoms with van der Waals surface area (Å²) in [6, 6.07) is 22.2. The number of rotatable bonds is 7. The number of halogens is 1. The van der Waals surface area contributed by atoms with Gasteiger partial charge in [0.25, 0.3) is 5.91 Å². The molecule has 1 fully saturated rings. The van der Waals surface area contributed by atoms with Crippen LogP contribution in [0.3, 0.4) is 0 Å². The number of nitrogens with two attached hydrogens (primary N) is 1. The molecule has 3 aromatic carbocycles. The van der Waals surface area contributed by atoms with Crippen molar-refractivity contribution in [2.75, 3.05) is 26.2 Å². The molecule has 2 N–H and O–H groups in total. The number of amides is 2. The second-order valence-corrected chi connectivity index (χ2v) is 8.48. The molecule has 0 aliphatic carbocycles. The predicted octanol–water partition coefficient (Wildman–Crippen LogP) is 3.98. The number of hydrogen-bond donors (Lipinski definition) is 1. The van der Waals surface area contributed by atoms with E-state index in [0.717, 1.165) is 30.8 Å². The molecule has 2 amide bonds. The largest absolute Gasteiger partial charge is 0.488 e. The van der Waals surface area contributed by atoms with Gasteiger partial charge in [-0.15, -0.1) is 0 Å². The molecule has 1 saturated heterocycles. The molecule has 0 spiro atoms. The Morgan fingerprint density at radius 2 is 1.48 bits per heavy atom. The van der Waals surface area contributed by atoms with Crippen LogP contribution in [0.15, 0.2) is 72.8 Å². The summed E-state index contributed by atoms with van der Waals surface area (Å²) in [4.78, 5) is 28.6. The summed E-state index contributed by atoms with van der Waals surface area (Å²) < 4.78 is 5.97. The smallest absolute Gasteiger partial charge is 0.257 e. The molecule has 33 heavy (non-hydrogen) atoms. The molecule has 0 aromatic heterocycles. The van der Waals surface area contributed by atoms with Gasteiger partial charge in [-0.2, -0.15) is 0 Å². The molecule has 0 saturated carbocycles. The Balaban J connectivity index is 1.33. The average molecular weight is 464 g/mol. The van der Waals surface area contributed by atoms with Gasteiger partial charge in [0.05, 0.1) is 5.56 Å². The van der Waals surface area contributed by atoms with Gasteiger partial charge in [-0.1, -0.05) is 48.0 Å². The van der Waals surface area contributed by atoms with Gasteiger partial charge in [-0.05, 0) is 47.5 Å². The Hall–Kier alpha value is -3.35. The fraction of sp³-hybridized carbons (Fsp3) is 0.231. The highest BCUT2D eigenvalue weighted by molar-refractivity contribution is 6.30. The van der Waals surface area contributed by atoms with E-state index < -0.39 is 5.91 Å². The molecule has 170 valence electrons. The Bertz CT molecular complexity index is 1110. The van der Waals surface area contributed by atoms with Gasteiger partial charge < -0.3 is 15.4 Å². The summed E-state index contributed by atoms with van der Waals surface area (Å²) in [5.41, 5.74) is 8.48. The van der Waals surface area contributed by atoms with Gasteiger partial charge in [0.1, 0.15) is 12.4 Å². The molecule has 0 unspecified atom stereocenters. The van der Waals surface area contributed by atoms with Gasteiger partial charge in [-0.25, -0.2) is 0 Å². The van der Waals surface area contributed by atoms with E-state index in [0.29, 0.717) is 41.6 Å². The zero-order chi connectivity index (χ0) is 23.2. The van der Waals surface area contributed by atoms with Crippen LogP contribution in [0.1, 0.15) is 31.8 Å². The third kappa shape index (κ3) is 5.92. The number of benzene rings is 3. The lowest BCUT2D eigenvalue weighted by Crippen LogP contribution is -2.48. The summed E-state index contributed by atoms with van der Waals surface area (Å²) in [5.74, 6) is 0.132. The Morgan fingerprint density at radius 3 is 2.15 bits per heavy atom. The van der Waals surface area contributed by atoms with E-state index in [-0.39, 0.29) is 5.91 Å². The number of piperazine rings is 1. The Labute approximate surface area is 198 Å². The van der Waals surface area contributed by atoms with Crippen molar-refractivity contribution in [2.24, 2.45) is 5.73 Å². The molecule has 7 heteroatoms. The quantitative estimate of drug-likeness (QED) is 0.575. The summed E-state index contributed by atoms with van der Waals surface area (Å²) in [7, 11) is 0. The lowest BCUT2D eigenvalue weighted by atomic mass is 10.1. The monoisotopic (exact) mass is 463 g/mol. The van der Waals surface area contributed by atoms with Crippen LogP contribution in [-0.2, 0) is 13.2 Å². The molecule has 0 bridgehead atoms. The number of carbonyl (C=O) groups excluding carboxylic acids is 2. The molecular weight excluding hydrogens is 438 g/mol. The van der Waals surface area contributed by atoms with E-state index in [4.69, 9.17) is 22.1 Å². The maximum atomic E-state index is 13.2. The van der Waals surface area contributed by atoms with Crippen LogP contribution in [0.25, 0.3) is 0 Å². The third-order valence-corrected chi connectivity index (χ3v) is 5.98. The zero-order valence-electron chi connectivity index (χ0n) is 18.2. The zero-order valence-corrected chi connectivity index (χ0v) is 19.0. The van der Waals surface area contributed by atoms with Crippen molar-refractivity contribution in [3.05, 3.63) is 100 Å². The SMILES string of the molecule is NC(=O)c1ccc(CN2CCN(C(=O)c3ccccc3OCc3ccc(Cl)cc3)CC2)cc1. The minimum atomic E-state index is -0.425. The van der Waals surface area contributed by atoms with E-state index in [9.17, 15) is 9.59 Å². The molecule has 1 heterocycles. The number of carbonyl (C=O) groups is 2. The first-order chi connectivity index (χ1) is 16.0. The second kappa shape index (κ2) is 10.5. The maximum absolute atomic E-state index is 13.2. The molecule has 0 atom stereocenters. The van der Waals surface area contributed by atoms with Gasteiger partial charge in [0.15, 0.2) is 0 Å². The van der Waals surface area contributed by atoms with Gasteiger partial charge in [0.2, 0.25) is 5.91 Å². The summed E-state index contributed by atoms with van der Waals surface area (Å²) in [5, 5.41) is 0.677. The molecule has 1 aliphatic rings. The minimum absolute atomic E-state index is 0.0211. The molecular formula is C26H26ClN3O3. The number of primary amides is 1. The average Bonchev–Trinajstić information content (AvgIpc) is 2.84. The van der Waals surface area contributed by atoms with Crippen molar-refractivity contribution in [3.8, 4) is 5.75 Å². The maximum Gasteiger partial charge on any atom is 0.257 e. The van der Waals surface area contributed by atoms with Crippen molar-refractivity contribution in [3.63, 3.8) is 0 Å². The van der Waals surface area contributed by atoms with Crippen LogP contribution in [0, 0.1) is 0 Å². The van der Waals surface area contributed by atoms with Crippen molar-refractivity contribution in [1.29, 1.82) is 0 Å². The van der Waals surface area contributed by atoms with Crippen LogP contribution >= 0.6 is 11.6 Å². The van der Waals surface area contributed by atoms with Gasteiger partial charge in [0, 0.05) is 43.3 Å². The van der Waals surface area contributed by atoms with Gasteiger partial charge in [-0.3, -0.25) is 14.5 Å². The lowest BCUT2D eigenvalue weighted by molar-refractivity contribution is 0.0624. The summed E-state index contributed by atoms with van der Waals surface area (Å²) in [6.07, 6.45) is 0. The van der Waals surface area contributed by atoms with E-state index in [1.165, 1.54) is 0 Å².